The maximum Gasteiger partial charge on any atom is 0.265 e. The molecule has 82 valence electrons. The third-order valence-electron chi connectivity index (χ3n) is 2.34. The van der Waals surface area contributed by atoms with Crippen molar-refractivity contribution in [1.29, 1.82) is 0 Å². The van der Waals surface area contributed by atoms with Crippen molar-refractivity contribution < 1.29 is 8.78 Å². The van der Waals surface area contributed by atoms with Crippen molar-refractivity contribution in [1.82, 2.24) is 4.98 Å². The average Bonchev–Trinajstić information content (AvgIpc) is 2.28. The largest absolute Gasteiger partial charge is 0.265 e. The molecule has 0 amide bonds. The molecule has 0 aliphatic rings. The molecule has 2 aromatic rings. The number of pyridine rings is 1. The van der Waals surface area contributed by atoms with Crippen LogP contribution in [0.15, 0.2) is 36.4 Å². The molecular weight excluding hydrogens is 208 g/mol. The van der Waals surface area contributed by atoms with E-state index in [9.17, 15) is 8.78 Å². The van der Waals surface area contributed by atoms with Crippen LogP contribution >= 0.6 is 0 Å². The Labute approximate surface area is 92.4 Å². The number of fused-ring (bicyclic) bond motifs is 1. The fraction of sp³-hybridized carbons (Fsp3) is 0.154. The van der Waals surface area contributed by atoms with Crippen LogP contribution in [-0.4, -0.2) is 4.98 Å². The summed E-state index contributed by atoms with van der Waals surface area (Å²) in [5.41, 5.74) is 1.06. The summed E-state index contributed by atoms with van der Waals surface area (Å²) in [6, 6.07) is 8.76. The van der Waals surface area contributed by atoms with Crippen LogP contribution in [0.5, 0.6) is 0 Å². The van der Waals surface area contributed by atoms with Gasteiger partial charge >= 0.3 is 0 Å². The van der Waals surface area contributed by atoms with E-state index >= 15 is 0 Å². The summed E-state index contributed by atoms with van der Waals surface area (Å²) >= 11 is 0. The lowest BCUT2D eigenvalue weighted by Crippen LogP contribution is -1.94. The van der Waals surface area contributed by atoms with Crippen molar-refractivity contribution in [3.05, 3.63) is 47.7 Å². The van der Waals surface area contributed by atoms with E-state index in [4.69, 9.17) is 0 Å². The molecule has 0 saturated carbocycles. The highest BCUT2D eigenvalue weighted by molar-refractivity contribution is 5.80. The topological polar surface area (TPSA) is 12.9 Å². The molecule has 0 aliphatic heterocycles. The zero-order valence-electron chi connectivity index (χ0n) is 8.82. The molecule has 1 heterocycles. The fourth-order valence-corrected chi connectivity index (χ4v) is 1.61. The Morgan fingerprint density at radius 3 is 2.69 bits per heavy atom. The predicted molar refractivity (Wildman–Crippen MR) is 61.4 cm³/mol. The second-order valence-electron chi connectivity index (χ2n) is 3.46. The van der Waals surface area contributed by atoms with Crippen molar-refractivity contribution in [2.45, 2.75) is 13.3 Å². The number of nitrogens with zero attached hydrogens (tertiary/aromatic N) is 1. The number of allylic oxidation sites excluding steroid dienone is 1. The van der Waals surface area contributed by atoms with Crippen LogP contribution in [0.2, 0.25) is 0 Å². The van der Waals surface area contributed by atoms with E-state index in [1.807, 2.05) is 18.2 Å². The summed E-state index contributed by atoms with van der Waals surface area (Å²) in [6.07, 6.45) is 0.819. The molecule has 2 rings (SSSR count). The van der Waals surface area contributed by atoms with Gasteiger partial charge in [-0.05, 0) is 25.1 Å². The lowest BCUT2D eigenvalue weighted by Gasteiger charge is -2.06. The average molecular weight is 219 g/mol. The lowest BCUT2D eigenvalue weighted by molar-refractivity contribution is 0.151. The number of rotatable bonds is 2. The van der Waals surface area contributed by atoms with E-state index in [0.29, 0.717) is 5.69 Å². The normalized spacial score (nSPS) is 11.8. The van der Waals surface area contributed by atoms with Crippen LogP contribution in [0.25, 0.3) is 17.0 Å². The van der Waals surface area contributed by atoms with Gasteiger partial charge in [0.1, 0.15) is 0 Å². The van der Waals surface area contributed by atoms with Crippen LogP contribution in [0, 0.1) is 0 Å². The maximum atomic E-state index is 12.8. The van der Waals surface area contributed by atoms with Gasteiger partial charge in [0.25, 0.3) is 6.43 Å². The van der Waals surface area contributed by atoms with Crippen molar-refractivity contribution in [3.8, 4) is 0 Å². The van der Waals surface area contributed by atoms with E-state index < -0.39 is 6.43 Å². The Hall–Kier alpha value is -1.77. The molecule has 0 radical (unpaired) electrons. The molecule has 0 unspecified atom stereocenters. The molecule has 0 atom stereocenters. The van der Waals surface area contributed by atoms with Gasteiger partial charge in [-0.1, -0.05) is 24.3 Å². The quantitative estimate of drug-likeness (QED) is 0.737. The minimum absolute atomic E-state index is 0.0169. The van der Waals surface area contributed by atoms with Crippen LogP contribution < -0.4 is 0 Å². The molecule has 1 nitrogen and oxygen atoms in total. The minimum atomic E-state index is -2.50. The smallest absolute Gasteiger partial charge is 0.248 e. The number of alkyl halides is 2. The Morgan fingerprint density at radius 2 is 2.00 bits per heavy atom. The first-order chi connectivity index (χ1) is 7.72. The number of hydrogen-bond acceptors (Lipinski definition) is 1. The monoisotopic (exact) mass is 219 g/mol. The summed E-state index contributed by atoms with van der Waals surface area (Å²) in [7, 11) is 0. The zero-order valence-corrected chi connectivity index (χ0v) is 8.82. The summed E-state index contributed by atoms with van der Waals surface area (Å²) in [5, 5.41) is 0.742. The van der Waals surface area contributed by atoms with E-state index in [1.54, 1.807) is 25.1 Å². The predicted octanol–water partition coefficient (Wildman–Crippen LogP) is 4.21. The highest BCUT2D eigenvalue weighted by Crippen LogP contribution is 2.26. The third kappa shape index (κ3) is 1.94. The molecule has 1 aromatic heterocycles. The van der Waals surface area contributed by atoms with Crippen LogP contribution in [0.1, 0.15) is 24.6 Å². The fourth-order valence-electron chi connectivity index (χ4n) is 1.61. The molecule has 16 heavy (non-hydrogen) atoms. The molecule has 0 saturated heterocycles. The third-order valence-corrected chi connectivity index (χ3v) is 2.34. The summed E-state index contributed by atoms with van der Waals surface area (Å²) in [6.45, 7) is 1.78. The highest BCUT2D eigenvalue weighted by atomic mass is 19.3. The molecule has 0 aliphatic carbocycles. The molecular formula is C13H11F2N. The molecule has 0 spiro atoms. The van der Waals surface area contributed by atoms with Gasteiger partial charge < -0.3 is 0 Å². The van der Waals surface area contributed by atoms with Crippen LogP contribution in [0.3, 0.4) is 0 Å². The van der Waals surface area contributed by atoms with Gasteiger partial charge in [-0.15, -0.1) is 0 Å². The number of aromatic nitrogens is 1. The molecule has 1 aromatic carbocycles. The lowest BCUT2D eigenvalue weighted by atomic mass is 10.1. The van der Waals surface area contributed by atoms with Crippen molar-refractivity contribution in [2.24, 2.45) is 0 Å². The number of halogens is 2. The SMILES string of the molecule is CC=Cc1nc2ccccc2cc1C(F)F. The Balaban J connectivity index is 2.70. The van der Waals surface area contributed by atoms with Crippen molar-refractivity contribution >= 4 is 17.0 Å². The Morgan fingerprint density at radius 1 is 1.25 bits per heavy atom. The molecule has 0 N–H and O–H groups in total. The standard InChI is InChI=1S/C13H11F2N/c1-2-5-12-10(13(14)15)8-9-6-3-4-7-11(9)16-12/h2-8,13H,1H3. The first kappa shape index (κ1) is 10.7. The maximum absolute atomic E-state index is 12.8. The van der Waals surface area contributed by atoms with E-state index in [2.05, 4.69) is 4.98 Å². The second kappa shape index (κ2) is 4.39. The number of benzene rings is 1. The second-order valence-corrected chi connectivity index (χ2v) is 3.46. The minimum Gasteiger partial charge on any atom is -0.248 e. The van der Waals surface area contributed by atoms with Gasteiger partial charge in [-0.25, -0.2) is 13.8 Å². The van der Waals surface area contributed by atoms with Gasteiger partial charge in [-0.3, -0.25) is 0 Å². The van der Waals surface area contributed by atoms with E-state index in [0.717, 1.165) is 10.9 Å². The summed E-state index contributed by atoms with van der Waals surface area (Å²) in [4.78, 5) is 4.22. The van der Waals surface area contributed by atoms with Gasteiger partial charge in [-0.2, -0.15) is 0 Å². The van der Waals surface area contributed by atoms with Crippen LogP contribution in [0.4, 0.5) is 8.78 Å². The first-order valence-electron chi connectivity index (χ1n) is 5.03. The van der Waals surface area contributed by atoms with Gasteiger partial charge in [0, 0.05) is 10.9 Å². The van der Waals surface area contributed by atoms with Crippen molar-refractivity contribution in [2.75, 3.05) is 0 Å². The van der Waals surface area contributed by atoms with Gasteiger partial charge in [0.05, 0.1) is 11.2 Å². The molecule has 3 heteroatoms. The Kier molecular flexibility index (Phi) is 2.95. The summed E-state index contributed by atoms with van der Waals surface area (Å²) in [5.74, 6) is 0. The van der Waals surface area contributed by atoms with Gasteiger partial charge in [0.2, 0.25) is 0 Å². The molecule has 0 fully saturated rings. The van der Waals surface area contributed by atoms with E-state index in [-0.39, 0.29) is 5.56 Å². The van der Waals surface area contributed by atoms with Gasteiger partial charge in [0.15, 0.2) is 0 Å². The van der Waals surface area contributed by atoms with E-state index in [1.165, 1.54) is 6.07 Å². The molecule has 0 bridgehead atoms. The zero-order chi connectivity index (χ0) is 11.5. The number of hydrogen-bond donors (Lipinski definition) is 0. The van der Waals surface area contributed by atoms with Crippen LogP contribution in [-0.2, 0) is 0 Å². The highest BCUT2D eigenvalue weighted by Gasteiger charge is 2.13. The summed E-state index contributed by atoms with van der Waals surface area (Å²) < 4.78 is 25.6. The Bertz CT molecular complexity index is 532. The van der Waals surface area contributed by atoms with Crippen molar-refractivity contribution in [3.63, 3.8) is 0 Å². The first-order valence-corrected chi connectivity index (χ1v) is 5.03. The number of para-hydroxylation sites is 1.